The SMILES string of the molecule is CC(C)(C)OC(=O)N[C@H]1[C@H]2C[C@H]([C@H](O)[C@@H]2O)[C@H]1C(=O)O. The molecular weight excluding hydrogens is 266 g/mol. The van der Waals surface area contributed by atoms with Gasteiger partial charge < -0.3 is 25.4 Å². The summed E-state index contributed by atoms with van der Waals surface area (Å²) in [6, 6.07) is -0.717. The third-order valence-corrected chi connectivity index (χ3v) is 4.05. The van der Waals surface area contributed by atoms with Crippen molar-refractivity contribution in [3.63, 3.8) is 0 Å². The van der Waals surface area contributed by atoms with Crippen LogP contribution in [0.15, 0.2) is 0 Å². The van der Waals surface area contributed by atoms with Gasteiger partial charge in [0, 0.05) is 11.8 Å². The number of carbonyl (C=O) groups is 2. The van der Waals surface area contributed by atoms with Crippen LogP contribution in [0.3, 0.4) is 0 Å². The van der Waals surface area contributed by atoms with Crippen molar-refractivity contribution in [2.45, 2.75) is 51.0 Å². The van der Waals surface area contributed by atoms with Gasteiger partial charge in [-0.2, -0.15) is 0 Å². The number of carbonyl (C=O) groups excluding carboxylic acids is 1. The van der Waals surface area contributed by atoms with Crippen molar-refractivity contribution in [1.82, 2.24) is 5.32 Å². The van der Waals surface area contributed by atoms with Gasteiger partial charge in [-0.3, -0.25) is 4.79 Å². The van der Waals surface area contributed by atoms with Crippen LogP contribution in [0.5, 0.6) is 0 Å². The van der Waals surface area contributed by atoms with Gasteiger partial charge in [0.15, 0.2) is 0 Å². The van der Waals surface area contributed by atoms with Crippen LogP contribution in [0, 0.1) is 17.8 Å². The molecule has 0 aromatic carbocycles. The number of amides is 1. The lowest BCUT2D eigenvalue weighted by atomic mass is 9.81. The fraction of sp³-hybridized carbons (Fsp3) is 0.846. The van der Waals surface area contributed by atoms with Crippen molar-refractivity contribution in [1.29, 1.82) is 0 Å². The van der Waals surface area contributed by atoms with Gasteiger partial charge in [0.2, 0.25) is 0 Å². The minimum absolute atomic E-state index is 0.389. The smallest absolute Gasteiger partial charge is 0.407 e. The van der Waals surface area contributed by atoms with Gasteiger partial charge in [0.25, 0.3) is 0 Å². The molecule has 2 aliphatic rings. The summed E-state index contributed by atoms with van der Waals surface area (Å²) in [6.45, 7) is 5.13. The highest BCUT2D eigenvalue weighted by molar-refractivity contribution is 5.75. The second kappa shape index (κ2) is 4.89. The Morgan fingerprint density at radius 1 is 1.15 bits per heavy atom. The second-order valence-electron chi connectivity index (χ2n) is 6.58. The molecule has 4 N–H and O–H groups in total. The fourth-order valence-electron chi connectivity index (χ4n) is 3.33. The summed E-state index contributed by atoms with van der Waals surface area (Å²) in [5.74, 6) is -2.97. The summed E-state index contributed by atoms with van der Waals surface area (Å²) in [5, 5.41) is 31.5. The maximum Gasteiger partial charge on any atom is 0.407 e. The first-order chi connectivity index (χ1) is 9.11. The van der Waals surface area contributed by atoms with Crippen LogP contribution in [-0.2, 0) is 9.53 Å². The van der Waals surface area contributed by atoms with E-state index >= 15 is 0 Å². The molecule has 6 atom stereocenters. The summed E-state index contributed by atoms with van der Waals surface area (Å²) in [5.41, 5.74) is -0.682. The molecule has 0 unspecified atom stereocenters. The Hall–Kier alpha value is -1.34. The lowest BCUT2D eigenvalue weighted by Gasteiger charge is -2.35. The molecule has 2 aliphatic carbocycles. The molecular formula is C13H21NO6. The first-order valence-corrected chi connectivity index (χ1v) is 6.70. The molecule has 0 saturated heterocycles. The Kier molecular flexibility index (Phi) is 3.68. The number of aliphatic hydroxyl groups is 2. The summed E-state index contributed by atoms with van der Waals surface area (Å²) < 4.78 is 5.11. The van der Waals surface area contributed by atoms with Gasteiger partial charge in [-0.15, -0.1) is 0 Å². The van der Waals surface area contributed by atoms with E-state index < -0.39 is 53.7 Å². The number of ether oxygens (including phenoxy) is 1. The number of aliphatic hydroxyl groups excluding tert-OH is 2. The minimum atomic E-state index is -1.08. The zero-order chi connectivity index (χ0) is 15.2. The van der Waals surface area contributed by atoms with Crippen molar-refractivity contribution >= 4 is 12.1 Å². The Balaban J connectivity index is 2.10. The summed E-state index contributed by atoms with van der Waals surface area (Å²) in [7, 11) is 0. The fourth-order valence-corrected chi connectivity index (χ4v) is 3.33. The molecule has 0 heterocycles. The van der Waals surface area contributed by atoms with E-state index in [-0.39, 0.29) is 0 Å². The molecule has 0 spiro atoms. The van der Waals surface area contributed by atoms with Crippen molar-refractivity contribution in [2.75, 3.05) is 0 Å². The Bertz CT molecular complexity index is 418. The van der Waals surface area contributed by atoms with Crippen LogP contribution in [0.2, 0.25) is 0 Å². The zero-order valence-corrected chi connectivity index (χ0v) is 11.7. The molecule has 7 nitrogen and oxygen atoms in total. The number of alkyl carbamates (subject to hydrolysis) is 1. The molecule has 2 saturated carbocycles. The number of carboxylic acid groups (broad SMARTS) is 1. The van der Waals surface area contributed by atoms with Crippen LogP contribution in [0.25, 0.3) is 0 Å². The van der Waals surface area contributed by atoms with Crippen molar-refractivity contribution in [3.8, 4) is 0 Å². The van der Waals surface area contributed by atoms with E-state index in [4.69, 9.17) is 4.74 Å². The average molecular weight is 287 g/mol. The lowest BCUT2D eigenvalue weighted by molar-refractivity contribution is -0.149. The number of hydrogen-bond donors (Lipinski definition) is 4. The Morgan fingerprint density at radius 2 is 1.70 bits per heavy atom. The van der Waals surface area contributed by atoms with Crippen LogP contribution in [0.1, 0.15) is 27.2 Å². The predicted octanol–water partition coefficient (Wildman–Crippen LogP) is -0.0480. The molecule has 0 radical (unpaired) electrons. The number of fused-ring (bicyclic) bond motifs is 2. The normalized spacial score (nSPS) is 39.6. The summed E-state index contributed by atoms with van der Waals surface area (Å²) in [6.07, 6.45) is -2.36. The van der Waals surface area contributed by atoms with Crippen LogP contribution >= 0.6 is 0 Å². The maximum absolute atomic E-state index is 11.8. The standard InChI is InChI=1S/C13H21NO6/c1-13(2,3)20-12(19)14-8-6-4-5(7(8)11(17)18)9(15)10(6)16/h5-10,15-16H,4H2,1-3H3,(H,14,19)(H,17,18)/t5-,6+,7+,8-,9-,10+/m0/s1. The number of hydrogen-bond acceptors (Lipinski definition) is 5. The van der Waals surface area contributed by atoms with E-state index in [0.717, 1.165) is 0 Å². The molecule has 20 heavy (non-hydrogen) atoms. The van der Waals surface area contributed by atoms with Gasteiger partial charge in [-0.05, 0) is 27.2 Å². The van der Waals surface area contributed by atoms with Gasteiger partial charge in [-0.25, -0.2) is 4.79 Å². The third-order valence-electron chi connectivity index (χ3n) is 4.05. The molecule has 1 amide bonds. The minimum Gasteiger partial charge on any atom is -0.481 e. The van der Waals surface area contributed by atoms with E-state index in [1.54, 1.807) is 20.8 Å². The second-order valence-corrected chi connectivity index (χ2v) is 6.58. The van der Waals surface area contributed by atoms with Crippen LogP contribution in [-0.4, -0.2) is 51.2 Å². The molecule has 2 bridgehead atoms. The monoisotopic (exact) mass is 287 g/mol. The molecule has 114 valence electrons. The summed E-state index contributed by atoms with van der Waals surface area (Å²) in [4.78, 5) is 23.1. The highest BCUT2D eigenvalue weighted by Crippen LogP contribution is 2.48. The molecule has 7 heteroatoms. The lowest BCUT2D eigenvalue weighted by Crippen LogP contribution is -2.55. The van der Waals surface area contributed by atoms with Crippen LogP contribution in [0.4, 0.5) is 4.79 Å². The Labute approximate surface area is 116 Å². The topological polar surface area (TPSA) is 116 Å². The number of carboxylic acids is 1. The van der Waals surface area contributed by atoms with Gasteiger partial charge >= 0.3 is 12.1 Å². The number of rotatable bonds is 2. The molecule has 0 aliphatic heterocycles. The first kappa shape index (κ1) is 15.1. The van der Waals surface area contributed by atoms with Gasteiger partial charge in [-0.1, -0.05) is 0 Å². The highest BCUT2D eigenvalue weighted by Gasteiger charge is 2.60. The van der Waals surface area contributed by atoms with Crippen molar-refractivity contribution < 1.29 is 29.6 Å². The van der Waals surface area contributed by atoms with Gasteiger partial charge in [0.1, 0.15) is 5.60 Å². The molecule has 0 aromatic rings. The quantitative estimate of drug-likeness (QED) is 0.566. The van der Waals surface area contributed by atoms with Crippen molar-refractivity contribution in [2.24, 2.45) is 17.8 Å². The Morgan fingerprint density at radius 3 is 2.20 bits per heavy atom. The molecule has 0 aromatic heterocycles. The number of aliphatic carboxylic acids is 1. The van der Waals surface area contributed by atoms with Crippen LogP contribution < -0.4 is 5.32 Å². The van der Waals surface area contributed by atoms with E-state index in [2.05, 4.69) is 5.32 Å². The van der Waals surface area contributed by atoms with E-state index in [0.29, 0.717) is 6.42 Å². The molecule has 2 rings (SSSR count). The zero-order valence-electron chi connectivity index (χ0n) is 11.7. The predicted molar refractivity (Wildman–Crippen MR) is 67.9 cm³/mol. The maximum atomic E-state index is 11.8. The third kappa shape index (κ3) is 2.60. The average Bonchev–Trinajstić information content (AvgIpc) is 2.74. The van der Waals surface area contributed by atoms with Gasteiger partial charge in [0.05, 0.1) is 24.2 Å². The molecule has 2 fully saturated rings. The highest BCUT2D eigenvalue weighted by atomic mass is 16.6. The first-order valence-electron chi connectivity index (χ1n) is 6.70. The summed E-state index contributed by atoms with van der Waals surface area (Å²) >= 11 is 0. The van der Waals surface area contributed by atoms with E-state index in [9.17, 15) is 24.9 Å². The number of nitrogens with one attached hydrogen (secondary N) is 1. The van der Waals surface area contributed by atoms with Crippen molar-refractivity contribution in [3.05, 3.63) is 0 Å². The van der Waals surface area contributed by atoms with E-state index in [1.165, 1.54) is 0 Å². The largest absolute Gasteiger partial charge is 0.481 e. The van der Waals surface area contributed by atoms with E-state index in [1.807, 2.05) is 0 Å².